The fourth-order valence-electron chi connectivity index (χ4n) is 5.62. The predicted octanol–water partition coefficient (Wildman–Crippen LogP) is 3.30. The molecule has 0 spiro atoms. The number of hydrogen-bond donors (Lipinski definition) is 1. The van der Waals surface area contributed by atoms with Gasteiger partial charge in [0, 0.05) is 49.7 Å². The van der Waals surface area contributed by atoms with Crippen LogP contribution in [0.15, 0.2) is 42.7 Å². The highest BCUT2D eigenvalue weighted by Crippen LogP contribution is 2.39. The van der Waals surface area contributed by atoms with Gasteiger partial charge < -0.3 is 10.2 Å². The summed E-state index contributed by atoms with van der Waals surface area (Å²) in [5.41, 5.74) is 3.95. The van der Waals surface area contributed by atoms with E-state index in [1.54, 1.807) is 12.4 Å². The summed E-state index contributed by atoms with van der Waals surface area (Å²) in [5.74, 6) is 0.742. The minimum atomic E-state index is -0.00708. The Morgan fingerprint density at radius 3 is 2.71 bits per heavy atom. The molecule has 1 aromatic heterocycles. The Balaban J connectivity index is 1.19. The molecule has 0 unspecified atom stereocenters. The highest BCUT2D eigenvalue weighted by molar-refractivity contribution is 5.95. The number of aromatic nitrogens is 1. The number of pyridine rings is 1. The fraction of sp³-hybridized carbons (Fsp3) is 0.480. The molecule has 3 atom stereocenters. The summed E-state index contributed by atoms with van der Waals surface area (Å²) in [4.78, 5) is 33.3. The van der Waals surface area contributed by atoms with E-state index >= 15 is 0 Å². The highest BCUT2D eigenvalue weighted by atomic mass is 16.2. The van der Waals surface area contributed by atoms with E-state index in [-0.39, 0.29) is 17.9 Å². The molecule has 2 saturated heterocycles. The van der Waals surface area contributed by atoms with Crippen LogP contribution < -0.4 is 10.2 Å². The zero-order valence-electron chi connectivity index (χ0n) is 18.1. The van der Waals surface area contributed by atoms with Crippen molar-refractivity contribution in [3.05, 3.63) is 59.4 Å². The van der Waals surface area contributed by atoms with Crippen molar-refractivity contribution in [2.24, 2.45) is 5.92 Å². The first-order chi connectivity index (χ1) is 15.1. The van der Waals surface area contributed by atoms with Crippen molar-refractivity contribution in [2.45, 2.75) is 57.7 Å². The number of nitrogens with one attached hydrogen (secondary N) is 1. The van der Waals surface area contributed by atoms with Crippen LogP contribution in [-0.4, -0.2) is 46.9 Å². The summed E-state index contributed by atoms with van der Waals surface area (Å²) in [6, 6.07) is 11.2. The average molecular weight is 419 g/mol. The summed E-state index contributed by atoms with van der Waals surface area (Å²) < 4.78 is 0. The predicted molar refractivity (Wildman–Crippen MR) is 120 cm³/mol. The minimum absolute atomic E-state index is 0.00708. The molecule has 0 bridgehead atoms. The number of hydrogen-bond acceptors (Lipinski definition) is 4. The third kappa shape index (κ3) is 4.09. The van der Waals surface area contributed by atoms with Crippen LogP contribution in [0.1, 0.15) is 53.6 Å². The van der Waals surface area contributed by atoms with Crippen molar-refractivity contribution >= 4 is 17.5 Å². The Bertz CT molecular complexity index is 974. The van der Waals surface area contributed by atoms with Crippen LogP contribution in [0.3, 0.4) is 0 Å². The standard InChI is InChI=1S/C25H30N4O2/c1-17-13-19(15-26-14-17)25(31)27-22-8-9-23-21(22)10-12-28(23)16-18-4-6-20(7-5-18)29-11-2-3-24(29)30/h4-7,13-15,21-23H,2-3,8-12,16H2,1H3,(H,27,31)/t21-,22-,23+/m0/s1. The van der Waals surface area contributed by atoms with Crippen LogP contribution in [0.5, 0.6) is 0 Å². The molecule has 2 aromatic rings. The summed E-state index contributed by atoms with van der Waals surface area (Å²) in [7, 11) is 0. The molecule has 162 valence electrons. The number of likely N-dealkylation sites (tertiary alicyclic amines) is 1. The maximum absolute atomic E-state index is 12.7. The van der Waals surface area contributed by atoms with Crippen LogP contribution in [-0.2, 0) is 11.3 Å². The average Bonchev–Trinajstić information content (AvgIpc) is 3.47. The van der Waals surface area contributed by atoms with E-state index in [4.69, 9.17) is 0 Å². The fourth-order valence-corrected chi connectivity index (χ4v) is 5.62. The number of benzene rings is 1. The SMILES string of the molecule is Cc1cncc(C(=O)N[C@H]2CC[C@@H]3[C@H]2CCN3Cc2ccc(N3CCCC3=O)cc2)c1. The lowest BCUT2D eigenvalue weighted by Crippen LogP contribution is -2.39. The number of anilines is 1. The van der Waals surface area contributed by atoms with E-state index in [0.717, 1.165) is 56.6 Å². The first-order valence-corrected chi connectivity index (χ1v) is 11.4. The summed E-state index contributed by atoms with van der Waals surface area (Å²) >= 11 is 0. The van der Waals surface area contributed by atoms with Gasteiger partial charge in [0.15, 0.2) is 0 Å². The quantitative estimate of drug-likeness (QED) is 0.809. The molecule has 31 heavy (non-hydrogen) atoms. The number of carbonyl (C=O) groups excluding carboxylic acids is 2. The number of rotatable bonds is 5. The number of nitrogens with zero attached hydrogens (tertiary/aromatic N) is 3. The molecule has 6 nitrogen and oxygen atoms in total. The van der Waals surface area contributed by atoms with Gasteiger partial charge in [0.05, 0.1) is 5.56 Å². The largest absolute Gasteiger partial charge is 0.349 e. The highest BCUT2D eigenvalue weighted by Gasteiger charge is 2.44. The van der Waals surface area contributed by atoms with E-state index in [0.29, 0.717) is 23.9 Å². The molecule has 3 heterocycles. The zero-order chi connectivity index (χ0) is 21.4. The topological polar surface area (TPSA) is 65.5 Å². The Labute approximate surface area is 183 Å². The van der Waals surface area contributed by atoms with E-state index in [9.17, 15) is 9.59 Å². The second-order valence-corrected chi connectivity index (χ2v) is 9.21. The number of amides is 2. The molecule has 6 heteroatoms. The van der Waals surface area contributed by atoms with Crippen LogP contribution >= 0.6 is 0 Å². The zero-order valence-corrected chi connectivity index (χ0v) is 18.1. The molecular weight excluding hydrogens is 388 g/mol. The number of carbonyl (C=O) groups is 2. The van der Waals surface area contributed by atoms with Gasteiger partial charge in [-0.15, -0.1) is 0 Å². The van der Waals surface area contributed by atoms with Gasteiger partial charge in [-0.25, -0.2) is 0 Å². The molecule has 2 amide bonds. The van der Waals surface area contributed by atoms with Crippen molar-refractivity contribution < 1.29 is 9.59 Å². The Kier molecular flexibility index (Phi) is 5.48. The van der Waals surface area contributed by atoms with Gasteiger partial charge >= 0.3 is 0 Å². The van der Waals surface area contributed by atoms with Crippen LogP contribution in [0.2, 0.25) is 0 Å². The third-order valence-electron chi connectivity index (χ3n) is 7.16. The lowest BCUT2D eigenvalue weighted by atomic mass is 9.99. The van der Waals surface area contributed by atoms with Gasteiger partial charge in [0.2, 0.25) is 5.91 Å². The van der Waals surface area contributed by atoms with E-state index < -0.39 is 0 Å². The number of aryl methyl sites for hydroxylation is 1. The van der Waals surface area contributed by atoms with E-state index in [1.807, 2.05) is 17.9 Å². The maximum atomic E-state index is 12.7. The lowest BCUT2D eigenvalue weighted by molar-refractivity contribution is -0.117. The van der Waals surface area contributed by atoms with Crippen LogP contribution in [0.25, 0.3) is 0 Å². The molecule has 3 aliphatic rings. The molecule has 2 aliphatic heterocycles. The van der Waals surface area contributed by atoms with Crippen molar-refractivity contribution in [1.29, 1.82) is 0 Å². The lowest BCUT2D eigenvalue weighted by Gasteiger charge is -2.25. The van der Waals surface area contributed by atoms with Crippen molar-refractivity contribution in [3.8, 4) is 0 Å². The van der Waals surface area contributed by atoms with Crippen LogP contribution in [0, 0.1) is 12.8 Å². The Morgan fingerprint density at radius 1 is 1.13 bits per heavy atom. The summed E-state index contributed by atoms with van der Waals surface area (Å²) in [5, 5.41) is 3.28. The summed E-state index contributed by atoms with van der Waals surface area (Å²) in [6.45, 7) is 4.79. The first-order valence-electron chi connectivity index (χ1n) is 11.4. The van der Waals surface area contributed by atoms with Crippen molar-refractivity contribution in [3.63, 3.8) is 0 Å². The second-order valence-electron chi connectivity index (χ2n) is 9.21. The van der Waals surface area contributed by atoms with Crippen molar-refractivity contribution in [2.75, 3.05) is 18.0 Å². The monoisotopic (exact) mass is 418 g/mol. The molecule has 0 radical (unpaired) electrons. The third-order valence-corrected chi connectivity index (χ3v) is 7.16. The van der Waals surface area contributed by atoms with Crippen LogP contribution in [0.4, 0.5) is 5.69 Å². The molecule has 5 rings (SSSR count). The van der Waals surface area contributed by atoms with Crippen molar-refractivity contribution in [1.82, 2.24) is 15.2 Å². The van der Waals surface area contributed by atoms with Gasteiger partial charge in [0.1, 0.15) is 0 Å². The van der Waals surface area contributed by atoms with E-state index in [2.05, 4.69) is 39.5 Å². The smallest absolute Gasteiger partial charge is 0.253 e. The summed E-state index contributed by atoms with van der Waals surface area (Å²) in [6.07, 6.45) is 8.32. The maximum Gasteiger partial charge on any atom is 0.253 e. The van der Waals surface area contributed by atoms with Gasteiger partial charge in [-0.2, -0.15) is 0 Å². The molecule has 3 fully saturated rings. The Morgan fingerprint density at radius 2 is 1.97 bits per heavy atom. The minimum Gasteiger partial charge on any atom is -0.349 e. The van der Waals surface area contributed by atoms with Gasteiger partial charge in [-0.1, -0.05) is 12.1 Å². The van der Waals surface area contributed by atoms with E-state index in [1.165, 1.54) is 5.56 Å². The first kappa shape index (κ1) is 20.2. The van der Waals surface area contributed by atoms with Gasteiger partial charge in [0.25, 0.3) is 5.91 Å². The Hall–Kier alpha value is -2.73. The molecule has 1 aromatic carbocycles. The second kappa shape index (κ2) is 8.42. The number of fused-ring (bicyclic) bond motifs is 1. The van der Waals surface area contributed by atoms with Gasteiger partial charge in [-0.3, -0.25) is 19.5 Å². The normalized spacial score (nSPS) is 25.8. The molecule has 1 aliphatic carbocycles. The molecular formula is C25H30N4O2. The van der Waals surface area contributed by atoms with Gasteiger partial charge in [-0.05, 0) is 74.4 Å². The molecule has 1 saturated carbocycles. The molecule has 1 N–H and O–H groups in total.